The van der Waals surface area contributed by atoms with Gasteiger partial charge in [0.1, 0.15) is 0 Å². The molecule has 2 rings (SSSR count). The number of hydrogen-bond acceptors (Lipinski definition) is 5. The van der Waals surface area contributed by atoms with Crippen LogP contribution in [0, 0.1) is 12.8 Å². The molecule has 3 N–H and O–H groups in total. The highest BCUT2D eigenvalue weighted by atomic mass is 32.2. The van der Waals surface area contributed by atoms with Gasteiger partial charge in [-0.25, -0.2) is 13.1 Å². The van der Waals surface area contributed by atoms with Crippen LogP contribution >= 0.6 is 0 Å². The fourth-order valence-corrected chi connectivity index (χ4v) is 3.60. The average Bonchev–Trinajstić information content (AvgIpc) is 3.08. The molecule has 1 atom stereocenters. The van der Waals surface area contributed by atoms with E-state index >= 15 is 0 Å². The van der Waals surface area contributed by atoms with Crippen molar-refractivity contribution in [1.29, 1.82) is 0 Å². The largest absolute Gasteiger partial charge is 0.381 e. The summed E-state index contributed by atoms with van der Waals surface area (Å²) in [7, 11) is -3.58. The van der Waals surface area contributed by atoms with Gasteiger partial charge >= 0.3 is 0 Å². The topological polar surface area (TPSA) is 96.1 Å². The van der Waals surface area contributed by atoms with Gasteiger partial charge < -0.3 is 10.1 Å². The SMILES string of the molecule is CCCNCc1c(S(=O)(=O)NCC2CCOC2)n[nH]c1C. The van der Waals surface area contributed by atoms with Crippen LogP contribution in [0.4, 0.5) is 0 Å². The Balaban J connectivity index is 2.04. The molecule has 2 heterocycles. The molecule has 0 radical (unpaired) electrons. The Morgan fingerprint density at radius 3 is 2.95 bits per heavy atom. The fraction of sp³-hybridized carbons (Fsp3) is 0.769. The first-order valence-corrected chi connectivity index (χ1v) is 8.85. The zero-order valence-electron chi connectivity index (χ0n) is 12.6. The van der Waals surface area contributed by atoms with Crippen LogP contribution in [0.1, 0.15) is 31.0 Å². The molecule has 8 heteroatoms. The number of aromatic nitrogens is 2. The molecular weight excluding hydrogens is 292 g/mol. The van der Waals surface area contributed by atoms with E-state index in [1.807, 2.05) is 6.92 Å². The van der Waals surface area contributed by atoms with Crippen molar-refractivity contribution in [2.45, 2.75) is 38.3 Å². The number of hydrogen-bond donors (Lipinski definition) is 3. The number of nitrogens with zero attached hydrogens (tertiary/aromatic N) is 1. The van der Waals surface area contributed by atoms with Crippen molar-refractivity contribution in [2.24, 2.45) is 5.92 Å². The van der Waals surface area contributed by atoms with Crippen molar-refractivity contribution in [3.05, 3.63) is 11.3 Å². The molecule has 1 unspecified atom stereocenters. The molecule has 1 aliphatic rings. The van der Waals surface area contributed by atoms with E-state index in [-0.39, 0.29) is 10.9 Å². The lowest BCUT2D eigenvalue weighted by Gasteiger charge is -2.10. The molecule has 7 nitrogen and oxygen atoms in total. The molecule has 1 aromatic rings. The summed E-state index contributed by atoms with van der Waals surface area (Å²) in [5.41, 5.74) is 1.49. The third-order valence-electron chi connectivity index (χ3n) is 3.61. The van der Waals surface area contributed by atoms with Crippen LogP contribution < -0.4 is 10.0 Å². The minimum absolute atomic E-state index is 0.0996. The van der Waals surface area contributed by atoms with Gasteiger partial charge in [-0.15, -0.1) is 0 Å². The summed E-state index contributed by atoms with van der Waals surface area (Å²) in [6, 6.07) is 0. The molecule has 0 aliphatic carbocycles. The van der Waals surface area contributed by atoms with Crippen LogP contribution in [0.25, 0.3) is 0 Å². The average molecular weight is 316 g/mol. The number of aromatic amines is 1. The van der Waals surface area contributed by atoms with Crippen molar-refractivity contribution in [3.63, 3.8) is 0 Å². The van der Waals surface area contributed by atoms with Gasteiger partial charge in [0, 0.05) is 31.0 Å². The molecule has 1 aromatic heterocycles. The van der Waals surface area contributed by atoms with Crippen molar-refractivity contribution in [1.82, 2.24) is 20.2 Å². The maximum absolute atomic E-state index is 12.4. The predicted molar refractivity (Wildman–Crippen MR) is 79.4 cm³/mol. The molecule has 1 aliphatic heterocycles. The minimum atomic E-state index is -3.58. The zero-order chi connectivity index (χ0) is 15.3. The summed E-state index contributed by atoms with van der Waals surface area (Å²) in [6.45, 7) is 6.97. The Morgan fingerprint density at radius 2 is 2.29 bits per heavy atom. The highest BCUT2D eigenvalue weighted by Gasteiger charge is 2.25. The first-order chi connectivity index (χ1) is 10.0. The van der Waals surface area contributed by atoms with Crippen LogP contribution in [0.3, 0.4) is 0 Å². The van der Waals surface area contributed by atoms with Gasteiger partial charge in [-0.05, 0) is 32.2 Å². The van der Waals surface area contributed by atoms with E-state index in [0.717, 1.165) is 25.1 Å². The van der Waals surface area contributed by atoms with Gasteiger partial charge in [0.05, 0.1) is 6.61 Å². The quantitative estimate of drug-likeness (QED) is 0.608. The van der Waals surface area contributed by atoms with Gasteiger partial charge in [-0.2, -0.15) is 5.10 Å². The first-order valence-electron chi connectivity index (χ1n) is 7.36. The summed E-state index contributed by atoms with van der Waals surface area (Å²) in [5.74, 6) is 0.251. The van der Waals surface area contributed by atoms with Gasteiger partial charge in [-0.3, -0.25) is 5.10 Å². The maximum Gasteiger partial charge on any atom is 0.260 e. The number of ether oxygens (including phenoxy) is 1. The molecular formula is C13H24N4O3S. The number of rotatable bonds is 8. The fourth-order valence-electron chi connectivity index (χ4n) is 2.29. The summed E-state index contributed by atoms with van der Waals surface area (Å²) in [4.78, 5) is 0. The predicted octanol–water partition coefficient (Wildman–Crippen LogP) is 0.533. The Bertz CT molecular complexity index is 550. The second-order valence-electron chi connectivity index (χ2n) is 5.39. The van der Waals surface area contributed by atoms with E-state index in [4.69, 9.17) is 4.74 Å². The molecule has 21 heavy (non-hydrogen) atoms. The van der Waals surface area contributed by atoms with E-state index < -0.39 is 10.0 Å². The van der Waals surface area contributed by atoms with Crippen LogP contribution in [0.15, 0.2) is 5.03 Å². The molecule has 1 saturated heterocycles. The maximum atomic E-state index is 12.4. The van der Waals surface area contributed by atoms with Crippen LogP contribution in [0.2, 0.25) is 0 Å². The van der Waals surface area contributed by atoms with Gasteiger partial charge in [-0.1, -0.05) is 6.92 Å². The number of aryl methyl sites for hydroxylation is 1. The van der Waals surface area contributed by atoms with Gasteiger partial charge in [0.15, 0.2) is 5.03 Å². The third-order valence-corrected chi connectivity index (χ3v) is 5.00. The highest BCUT2D eigenvalue weighted by Crippen LogP contribution is 2.17. The van der Waals surface area contributed by atoms with Crippen molar-refractivity contribution in [3.8, 4) is 0 Å². The Morgan fingerprint density at radius 1 is 1.48 bits per heavy atom. The van der Waals surface area contributed by atoms with Crippen molar-refractivity contribution in [2.75, 3.05) is 26.3 Å². The zero-order valence-corrected chi connectivity index (χ0v) is 13.4. The lowest BCUT2D eigenvalue weighted by molar-refractivity contribution is 0.186. The summed E-state index contributed by atoms with van der Waals surface area (Å²) in [5, 5.41) is 10.0. The lowest BCUT2D eigenvalue weighted by atomic mass is 10.1. The second kappa shape index (κ2) is 7.35. The first kappa shape index (κ1) is 16.4. The Kier molecular flexibility index (Phi) is 5.74. The molecule has 120 valence electrons. The standard InChI is InChI=1S/C13H24N4O3S/c1-3-5-14-8-12-10(2)16-17-13(12)21(18,19)15-7-11-4-6-20-9-11/h11,14-15H,3-9H2,1-2H3,(H,16,17). The van der Waals surface area contributed by atoms with E-state index in [1.165, 1.54) is 0 Å². The monoisotopic (exact) mass is 316 g/mol. The Labute approximate surface area is 125 Å². The molecule has 0 amide bonds. The third kappa shape index (κ3) is 4.26. The van der Waals surface area contributed by atoms with Crippen LogP contribution in [0.5, 0.6) is 0 Å². The molecule has 0 saturated carbocycles. The summed E-state index contributed by atoms with van der Waals surface area (Å²) < 4.78 is 32.7. The van der Waals surface area contributed by atoms with Crippen molar-refractivity contribution < 1.29 is 13.2 Å². The van der Waals surface area contributed by atoms with E-state index in [9.17, 15) is 8.42 Å². The normalized spacial score (nSPS) is 19.2. The number of sulfonamides is 1. The van der Waals surface area contributed by atoms with Gasteiger partial charge in [0.25, 0.3) is 10.0 Å². The second-order valence-corrected chi connectivity index (χ2v) is 7.07. The van der Waals surface area contributed by atoms with E-state index in [0.29, 0.717) is 31.9 Å². The van der Waals surface area contributed by atoms with E-state index in [1.54, 1.807) is 0 Å². The smallest absolute Gasteiger partial charge is 0.260 e. The number of H-pyrrole nitrogens is 1. The minimum Gasteiger partial charge on any atom is -0.381 e. The van der Waals surface area contributed by atoms with Crippen LogP contribution in [-0.2, 0) is 21.3 Å². The summed E-state index contributed by atoms with van der Waals surface area (Å²) >= 11 is 0. The van der Waals surface area contributed by atoms with Crippen molar-refractivity contribution >= 4 is 10.0 Å². The van der Waals surface area contributed by atoms with Crippen LogP contribution in [-0.4, -0.2) is 44.9 Å². The lowest BCUT2D eigenvalue weighted by Crippen LogP contribution is -2.31. The molecule has 0 spiro atoms. The molecule has 0 aromatic carbocycles. The molecule has 0 bridgehead atoms. The Hall–Kier alpha value is -0.960. The highest BCUT2D eigenvalue weighted by molar-refractivity contribution is 7.89. The molecule has 1 fully saturated rings. The summed E-state index contributed by atoms with van der Waals surface area (Å²) in [6.07, 6.45) is 1.89. The van der Waals surface area contributed by atoms with E-state index in [2.05, 4.69) is 27.2 Å². The number of nitrogens with one attached hydrogen (secondary N) is 3. The van der Waals surface area contributed by atoms with Gasteiger partial charge in [0.2, 0.25) is 0 Å².